The van der Waals surface area contributed by atoms with Crippen molar-refractivity contribution in [3.05, 3.63) is 35.6 Å². The van der Waals surface area contributed by atoms with Gasteiger partial charge in [0.05, 0.1) is 0 Å². The van der Waals surface area contributed by atoms with Crippen LogP contribution in [0.15, 0.2) is 24.3 Å². The van der Waals surface area contributed by atoms with E-state index in [2.05, 4.69) is 6.92 Å². The smallest absolute Gasteiger partial charge is 0.330 e. The summed E-state index contributed by atoms with van der Waals surface area (Å²) < 4.78 is 12.5. The second-order valence-corrected chi connectivity index (χ2v) is 2.98. The van der Waals surface area contributed by atoms with Crippen LogP contribution in [0.25, 0.3) is 0 Å². The first-order valence-corrected chi connectivity index (χ1v) is 4.64. The maximum atomic E-state index is 12.5. The zero-order chi connectivity index (χ0) is 11.7. The van der Waals surface area contributed by atoms with E-state index in [-0.39, 0.29) is 12.0 Å². The van der Waals surface area contributed by atoms with E-state index >= 15 is 0 Å². The SMILES string of the molecule is CCC(CN)c1ccc(F)cc1.O=C=O. The van der Waals surface area contributed by atoms with Crippen LogP contribution in [0.5, 0.6) is 0 Å². The lowest BCUT2D eigenvalue weighted by molar-refractivity contribution is -0.191. The molecule has 0 aliphatic rings. The molecule has 4 heteroatoms. The van der Waals surface area contributed by atoms with Gasteiger partial charge in [0.1, 0.15) is 5.82 Å². The molecule has 0 amide bonds. The molecule has 2 N–H and O–H groups in total. The number of rotatable bonds is 3. The van der Waals surface area contributed by atoms with Crippen molar-refractivity contribution in [3.8, 4) is 0 Å². The normalized spacial score (nSPS) is 10.9. The van der Waals surface area contributed by atoms with Gasteiger partial charge in [-0.1, -0.05) is 19.1 Å². The van der Waals surface area contributed by atoms with E-state index in [9.17, 15) is 4.39 Å². The Morgan fingerprint density at radius 2 is 1.80 bits per heavy atom. The molecule has 1 aromatic carbocycles. The van der Waals surface area contributed by atoms with Crippen LogP contribution in [0.2, 0.25) is 0 Å². The molecule has 3 nitrogen and oxygen atoms in total. The van der Waals surface area contributed by atoms with E-state index in [0.717, 1.165) is 12.0 Å². The average molecular weight is 211 g/mol. The number of carbonyl (C=O) groups excluding carboxylic acids is 2. The predicted octanol–water partition coefficient (Wildman–Crippen LogP) is 1.69. The minimum Gasteiger partial charge on any atom is -0.330 e. The maximum Gasteiger partial charge on any atom is 0.373 e. The lowest BCUT2D eigenvalue weighted by Crippen LogP contribution is -2.11. The first-order valence-electron chi connectivity index (χ1n) is 4.64. The van der Waals surface area contributed by atoms with Crippen molar-refractivity contribution >= 4 is 6.15 Å². The lowest BCUT2D eigenvalue weighted by Gasteiger charge is -2.11. The van der Waals surface area contributed by atoms with E-state index in [0.29, 0.717) is 12.5 Å². The fourth-order valence-corrected chi connectivity index (χ4v) is 1.27. The Morgan fingerprint density at radius 1 is 1.33 bits per heavy atom. The molecular weight excluding hydrogens is 197 g/mol. The van der Waals surface area contributed by atoms with Crippen molar-refractivity contribution in [2.45, 2.75) is 19.3 Å². The molecule has 15 heavy (non-hydrogen) atoms. The zero-order valence-electron chi connectivity index (χ0n) is 8.57. The first kappa shape index (κ1) is 13.5. The third-order valence-corrected chi connectivity index (χ3v) is 2.12. The Hall–Kier alpha value is -1.51. The van der Waals surface area contributed by atoms with E-state index in [1.807, 2.05) is 0 Å². The Morgan fingerprint density at radius 3 is 2.13 bits per heavy atom. The van der Waals surface area contributed by atoms with Crippen LogP contribution >= 0.6 is 0 Å². The highest BCUT2D eigenvalue weighted by Crippen LogP contribution is 2.17. The summed E-state index contributed by atoms with van der Waals surface area (Å²) in [4.78, 5) is 16.2. The van der Waals surface area contributed by atoms with Crippen LogP contribution in [-0.2, 0) is 9.59 Å². The molecule has 0 heterocycles. The van der Waals surface area contributed by atoms with Crippen LogP contribution < -0.4 is 5.73 Å². The lowest BCUT2D eigenvalue weighted by atomic mass is 9.97. The summed E-state index contributed by atoms with van der Waals surface area (Å²) in [5.74, 6) is 0.177. The van der Waals surface area contributed by atoms with Crippen LogP contribution in [0.4, 0.5) is 4.39 Å². The van der Waals surface area contributed by atoms with Gasteiger partial charge < -0.3 is 5.73 Å². The van der Waals surface area contributed by atoms with Crippen LogP contribution in [-0.4, -0.2) is 12.7 Å². The number of halogens is 1. The van der Waals surface area contributed by atoms with Crippen LogP contribution in [0, 0.1) is 5.82 Å². The molecule has 0 aliphatic heterocycles. The number of nitrogens with two attached hydrogens (primary N) is 1. The maximum absolute atomic E-state index is 12.5. The van der Waals surface area contributed by atoms with Crippen molar-refractivity contribution < 1.29 is 14.0 Å². The highest BCUT2D eigenvalue weighted by Gasteiger charge is 2.05. The van der Waals surface area contributed by atoms with E-state index < -0.39 is 0 Å². The zero-order valence-corrected chi connectivity index (χ0v) is 8.57. The monoisotopic (exact) mass is 211 g/mol. The topological polar surface area (TPSA) is 60.2 Å². The quantitative estimate of drug-likeness (QED) is 0.827. The molecule has 0 aromatic heterocycles. The largest absolute Gasteiger partial charge is 0.373 e. The molecule has 0 radical (unpaired) electrons. The van der Waals surface area contributed by atoms with Crippen LogP contribution in [0.1, 0.15) is 24.8 Å². The summed E-state index contributed by atoms with van der Waals surface area (Å²) in [5.41, 5.74) is 6.69. The average Bonchev–Trinajstić information content (AvgIpc) is 2.24. The standard InChI is InChI=1S/C10H14FN.CO2/c1-2-8(7-12)9-3-5-10(11)6-4-9;2-1-3/h3-6,8H,2,7,12H2,1H3;. The van der Waals surface area contributed by atoms with Gasteiger partial charge in [-0.15, -0.1) is 0 Å². The number of hydrogen-bond acceptors (Lipinski definition) is 3. The third-order valence-electron chi connectivity index (χ3n) is 2.12. The Bertz CT molecular complexity index is 301. The summed E-state index contributed by atoms with van der Waals surface area (Å²) in [6.07, 6.45) is 1.25. The minimum atomic E-state index is -0.189. The van der Waals surface area contributed by atoms with Gasteiger partial charge in [-0.3, -0.25) is 0 Å². The van der Waals surface area contributed by atoms with Gasteiger partial charge in [0.25, 0.3) is 0 Å². The molecular formula is C11H14FNO2. The molecule has 1 unspecified atom stereocenters. The summed E-state index contributed by atoms with van der Waals surface area (Å²) in [6.45, 7) is 2.71. The molecule has 0 fully saturated rings. The summed E-state index contributed by atoms with van der Waals surface area (Å²) in [5, 5.41) is 0. The minimum absolute atomic E-state index is 0.189. The summed E-state index contributed by atoms with van der Waals surface area (Å²) in [6, 6.07) is 6.56. The molecule has 82 valence electrons. The fraction of sp³-hybridized carbons (Fsp3) is 0.364. The molecule has 1 aromatic rings. The number of hydrogen-bond donors (Lipinski definition) is 1. The molecule has 0 saturated heterocycles. The Labute approximate surface area is 88.1 Å². The third kappa shape index (κ3) is 5.05. The molecule has 0 saturated carbocycles. The van der Waals surface area contributed by atoms with Gasteiger partial charge in [-0.2, -0.15) is 9.59 Å². The van der Waals surface area contributed by atoms with Crippen molar-refractivity contribution in [2.24, 2.45) is 5.73 Å². The van der Waals surface area contributed by atoms with Crippen molar-refractivity contribution in [1.82, 2.24) is 0 Å². The van der Waals surface area contributed by atoms with Gasteiger partial charge in [-0.25, -0.2) is 4.39 Å². The van der Waals surface area contributed by atoms with Gasteiger partial charge in [0.2, 0.25) is 0 Å². The molecule has 0 aliphatic carbocycles. The van der Waals surface area contributed by atoms with Crippen molar-refractivity contribution in [1.29, 1.82) is 0 Å². The van der Waals surface area contributed by atoms with Crippen LogP contribution in [0.3, 0.4) is 0 Å². The molecule has 1 atom stereocenters. The van der Waals surface area contributed by atoms with Gasteiger partial charge in [0, 0.05) is 0 Å². The van der Waals surface area contributed by atoms with E-state index in [1.54, 1.807) is 12.1 Å². The second kappa shape index (κ2) is 7.85. The highest BCUT2D eigenvalue weighted by molar-refractivity contribution is 5.20. The number of benzene rings is 1. The van der Waals surface area contributed by atoms with Crippen molar-refractivity contribution in [2.75, 3.05) is 6.54 Å². The Balaban J connectivity index is 0.000000583. The Kier molecular flexibility index (Phi) is 7.06. The highest BCUT2D eigenvalue weighted by atomic mass is 19.1. The summed E-state index contributed by atoms with van der Waals surface area (Å²) in [7, 11) is 0. The summed E-state index contributed by atoms with van der Waals surface area (Å²) >= 11 is 0. The van der Waals surface area contributed by atoms with Crippen molar-refractivity contribution in [3.63, 3.8) is 0 Å². The molecule has 0 spiro atoms. The molecule has 1 rings (SSSR count). The van der Waals surface area contributed by atoms with E-state index in [1.165, 1.54) is 12.1 Å². The van der Waals surface area contributed by atoms with E-state index in [4.69, 9.17) is 15.3 Å². The van der Waals surface area contributed by atoms with Gasteiger partial charge >= 0.3 is 6.15 Å². The van der Waals surface area contributed by atoms with Gasteiger partial charge in [0.15, 0.2) is 0 Å². The first-order chi connectivity index (χ1) is 7.19. The molecule has 0 bridgehead atoms. The predicted molar refractivity (Wildman–Crippen MR) is 53.5 cm³/mol. The fourth-order valence-electron chi connectivity index (χ4n) is 1.27. The second-order valence-electron chi connectivity index (χ2n) is 2.98. The van der Waals surface area contributed by atoms with Gasteiger partial charge in [-0.05, 0) is 36.6 Å².